The highest BCUT2D eigenvalue weighted by atomic mass is 35.5. The predicted molar refractivity (Wildman–Crippen MR) is 106 cm³/mol. The van der Waals surface area contributed by atoms with Crippen molar-refractivity contribution in [2.24, 2.45) is 5.92 Å². The van der Waals surface area contributed by atoms with E-state index in [4.69, 9.17) is 16.7 Å². The van der Waals surface area contributed by atoms with E-state index in [1.165, 1.54) is 11.3 Å². The minimum atomic E-state index is 0.0608. The van der Waals surface area contributed by atoms with Crippen LogP contribution in [-0.2, 0) is 6.54 Å². The van der Waals surface area contributed by atoms with Crippen molar-refractivity contribution in [2.45, 2.75) is 53.1 Å². The molecule has 140 valence electrons. The Morgan fingerprint density at radius 1 is 1.27 bits per heavy atom. The van der Waals surface area contributed by atoms with Crippen LogP contribution < -0.4 is 0 Å². The molecule has 0 N–H and O–H groups in total. The Labute approximate surface area is 161 Å². The molecule has 1 aliphatic rings. The number of hydrogen-bond donors (Lipinski definition) is 0. The van der Waals surface area contributed by atoms with Gasteiger partial charge < -0.3 is 0 Å². The number of aromatic nitrogens is 2. The molecular formula is C21H28ClN3O. The second kappa shape index (κ2) is 7.93. The predicted octanol–water partition coefficient (Wildman–Crippen LogP) is 4.83. The van der Waals surface area contributed by atoms with Crippen molar-refractivity contribution in [1.29, 1.82) is 0 Å². The normalized spacial score (nSPS) is 18.5. The van der Waals surface area contributed by atoms with Crippen molar-refractivity contribution in [2.75, 3.05) is 13.1 Å². The number of halogens is 1. The van der Waals surface area contributed by atoms with Crippen LogP contribution in [0, 0.1) is 19.8 Å². The molecule has 1 aromatic heterocycles. The van der Waals surface area contributed by atoms with E-state index >= 15 is 0 Å². The SMILES string of the molecule is Cc1nn(C(C)C)c(C)c1CN1CCC[C@@H](C(=O)c2ccc(Cl)cc2)C1. The molecule has 0 amide bonds. The summed E-state index contributed by atoms with van der Waals surface area (Å²) in [5.74, 6) is 0.295. The van der Waals surface area contributed by atoms with Gasteiger partial charge in [0, 0.05) is 46.9 Å². The van der Waals surface area contributed by atoms with Crippen LogP contribution in [0.2, 0.25) is 5.02 Å². The maximum Gasteiger partial charge on any atom is 0.167 e. The van der Waals surface area contributed by atoms with Gasteiger partial charge in [-0.1, -0.05) is 11.6 Å². The van der Waals surface area contributed by atoms with Gasteiger partial charge in [-0.3, -0.25) is 14.4 Å². The van der Waals surface area contributed by atoms with Gasteiger partial charge in [0.15, 0.2) is 5.78 Å². The summed E-state index contributed by atoms with van der Waals surface area (Å²) in [6.45, 7) is 11.3. The zero-order valence-electron chi connectivity index (χ0n) is 16.1. The summed E-state index contributed by atoms with van der Waals surface area (Å²) in [7, 11) is 0. The molecule has 1 fully saturated rings. The molecule has 0 radical (unpaired) electrons. The highest BCUT2D eigenvalue weighted by molar-refractivity contribution is 6.30. The van der Waals surface area contributed by atoms with Gasteiger partial charge in [-0.25, -0.2) is 0 Å². The minimum Gasteiger partial charge on any atom is -0.298 e. The number of benzene rings is 1. The maximum atomic E-state index is 12.9. The Morgan fingerprint density at radius 2 is 1.96 bits per heavy atom. The van der Waals surface area contributed by atoms with Gasteiger partial charge in [-0.05, 0) is 71.3 Å². The van der Waals surface area contributed by atoms with Crippen molar-refractivity contribution in [1.82, 2.24) is 14.7 Å². The summed E-state index contributed by atoms with van der Waals surface area (Å²) in [5, 5.41) is 5.36. The van der Waals surface area contributed by atoms with E-state index < -0.39 is 0 Å². The van der Waals surface area contributed by atoms with Gasteiger partial charge in [0.1, 0.15) is 0 Å². The average Bonchev–Trinajstić information content (AvgIpc) is 2.90. The minimum absolute atomic E-state index is 0.0608. The molecule has 5 heteroatoms. The van der Waals surface area contributed by atoms with Gasteiger partial charge in [0.2, 0.25) is 0 Å². The lowest BCUT2D eigenvalue weighted by Crippen LogP contribution is -2.38. The number of nitrogens with zero attached hydrogens (tertiary/aromatic N) is 3. The summed E-state index contributed by atoms with van der Waals surface area (Å²) >= 11 is 5.94. The first-order chi connectivity index (χ1) is 12.4. The molecule has 26 heavy (non-hydrogen) atoms. The molecule has 2 heterocycles. The van der Waals surface area contributed by atoms with Crippen LogP contribution >= 0.6 is 11.6 Å². The second-order valence-electron chi connectivity index (χ2n) is 7.63. The monoisotopic (exact) mass is 373 g/mol. The van der Waals surface area contributed by atoms with Crippen LogP contribution in [0.15, 0.2) is 24.3 Å². The molecule has 0 unspecified atom stereocenters. The van der Waals surface area contributed by atoms with Crippen LogP contribution in [0.4, 0.5) is 0 Å². The van der Waals surface area contributed by atoms with Crippen molar-refractivity contribution < 1.29 is 4.79 Å². The quantitative estimate of drug-likeness (QED) is 0.704. The van der Waals surface area contributed by atoms with E-state index in [1.807, 2.05) is 12.1 Å². The third-order valence-corrected chi connectivity index (χ3v) is 5.60. The lowest BCUT2D eigenvalue weighted by atomic mass is 9.90. The average molecular weight is 374 g/mol. The van der Waals surface area contributed by atoms with Gasteiger partial charge in [0.05, 0.1) is 5.69 Å². The first-order valence-corrected chi connectivity index (χ1v) is 9.81. The number of hydrogen-bond acceptors (Lipinski definition) is 3. The largest absolute Gasteiger partial charge is 0.298 e. The lowest BCUT2D eigenvalue weighted by molar-refractivity contribution is 0.0811. The summed E-state index contributed by atoms with van der Waals surface area (Å²) < 4.78 is 2.10. The van der Waals surface area contributed by atoms with Gasteiger partial charge in [-0.15, -0.1) is 0 Å². The standard InChI is InChI=1S/C21H28ClN3O/c1-14(2)25-16(4)20(15(3)23-25)13-24-11-5-6-18(12-24)21(26)17-7-9-19(22)10-8-17/h7-10,14,18H,5-6,11-13H2,1-4H3/t18-/m1/s1. The molecule has 1 atom stereocenters. The molecule has 1 saturated heterocycles. The first-order valence-electron chi connectivity index (χ1n) is 9.43. The third kappa shape index (κ3) is 4.02. The number of carbonyl (C=O) groups is 1. The molecule has 1 aliphatic heterocycles. The van der Waals surface area contributed by atoms with Crippen LogP contribution in [0.1, 0.15) is 60.0 Å². The summed E-state index contributed by atoms with van der Waals surface area (Å²) in [6.07, 6.45) is 2.02. The molecule has 0 aliphatic carbocycles. The summed E-state index contributed by atoms with van der Waals surface area (Å²) in [5.41, 5.74) is 4.41. The number of rotatable bonds is 5. The Morgan fingerprint density at radius 3 is 2.58 bits per heavy atom. The Bertz CT molecular complexity index is 779. The van der Waals surface area contributed by atoms with E-state index in [2.05, 4.69) is 37.3 Å². The highest BCUT2D eigenvalue weighted by Crippen LogP contribution is 2.25. The van der Waals surface area contributed by atoms with Crippen LogP contribution in [0.3, 0.4) is 0 Å². The molecule has 0 spiro atoms. The molecule has 4 nitrogen and oxygen atoms in total. The Balaban J connectivity index is 1.71. The molecule has 0 saturated carbocycles. The fourth-order valence-corrected chi connectivity index (χ4v) is 4.04. The number of carbonyl (C=O) groups excluding carboxylic acids is 1. The van der Waals surface area contributed by atoms with E-state index in [0.29, 0.717) is 11.1 Å². The first kappa shape index (κ1) is 19.1. The number of aryl methyl sites for hydroxylation is 1. The smallest absolute Gasteiger partial charge is 0.167 e. The number of likely N-dealkylation sites (tertiary alicyclic amines) is 1. The Kier molecular flexibility index (Phi) is 5.83. The van der Waals surface area contributed by atoms with Crippen LogP contribution in [0.5, 0.6) is 0 Å². The number of Topliss-reactive ketones (excluding diaryl/α,β-unsaturated/α-hetero) is 1. The molecule has 1 aromatic carbocycles. The van der Waals surface area contributed by atoms with Gasteiger partial charge >= 0.3 is 0 Å². The summed E-state index contributed by atoms with van der Waals surface area (Å²) in [4.78, 5) is 15.3. The summed E-state index contributed by atoms with van der Waals surface area (Å²) in [6, 6.07) is 7.63. The van der Waals surface area contributed by atoms with Crippen LogP contribution in [0.25, 0.3) is 0 Å². The molecular weight excluding hydrogens is 346 g/mol. The third-order valence-electron chi connectivity index (χ3n) is 5.35. The van der Waals surface area contributed by atoms with Crippen molar-refractivity contribution in [3.05, 3.63) is 51.8 Å². The molecule has 2 aromatic rings. The fraction of sp³-hybridized carbons (Fsp3) is 0.524. The topological polar surface area (TPSA) is 38.1 Å². The van der Waals surface area contributed by atoms with Crippen molar-refractivity contribution in [3.63, 3.8) is 0 Å². The second-order valence-corrected chi connectivity index (χ2v) is 8.07. The maximum absolute atomic E-state index is 12.9. The molecule has 3 rings (SSSR count). The van der Waals surface area contributed by atoms with E-state index in [0.717, 1.165) is 43.7 Å². The van der Waals surface area contributed by atoms with E-state index in [1.54, 1.807) is 12.1 Å². The number of piperidine rings is 1. The zero-order chi connectivity index (χ0) is 18.8. The van der Waals surface area contributed by atoms with Crippen molar-refractivity contribution in [3.8, 4) is 0 Å². The van der Waals surface area contributed by atoms with E-state index in [-0.39, 0.29) is 11.7 Å². The fourth-order valence-electron chi connectivity index (χ4n) is 3.92. The Hall–Kier alpha value is -1.65. The van der Waals surface area contributed by atoms with Crippen LogP contribution in [-0.4, -0.2) is 33.6 Å². The van der Waals surface area contributed by atoms with Crippen molar-refractivity contribution >= 4 is 17.4 Å². The molecule has 0 bridgehead atoms. The van der Waals surface area contributed by atoms with Gasteiger partial charge in [-0.2, -0.15) is 5.10 Å². The number of ketones is 1. The van der Waals surface area contributed by atoms with E-state index in [9.17, 15) is 4.79 Å². The van der Waals surface area contributed by atoms with Gasteiger partial charge in [0.25, 0.3) is 0 Å². The zero-order valence-corrected chi connectivity index (χ0v) is 16.9. The highest BCUT2D eigenvalue weighted by Gasteiger charge is 2.27. The lowest BCUT2D eigenvalue weighted by Gasteiger charge is -2.32.